The largest absolute Gasteiger partial charge is 0.496 e. The van der Waals surface area contributed by atoms with E-state index in [1.54, 1.807) is 24.3 Å². The topological polar surface area (TPSA) is 58.6 Å². The number of hydrogen-bond acceptors (Lipinski definition) is 4. The van der Waals surface area contributed by atoms with E-state index in [9.17, 15) is 14.0 Å². The molecule has 2 aromatic carbocycles. The first-order chi connectivity index (χ1) is 14.0. The van der Waals surface area contributed by atoms with Gasteiger partial charge in [-0.15, -0.1) is 12.4 Å². The maximum Gasteiger partial charge on any atom is 0.255 e. The second kappa shape index (κ2) is 11.4. The molecule has 8 heteroatoms. The van der Waals surface area contributed by atoms with Crippen LogP contribution < -0.4 is 10.1 Å². The van der Waals surface area contributed by atoms with Crippen LogP contribution in [0.2, 0.25) is 0 Å². The zero-order chi connectivity index (χ0) is 20.8. The predicted molar refractivity (Wildman–Crippen MR) is 120 cm³/mol. The molecule has 0 unspecified atom stereocenters. The van der Waals surface area contributed by atoms with Gasteiger partial charge in [-0.05, 0) is 68.4 Å². The molecular formula is C22H25BrClFN2O3. The number of amides is 1. The monoisotopic (exact) mass is 498 g/mol. The van der Waals surface area contributed by atoms with Crippen molar-refractivity contribution >= 4 is 40.0 Å². The molecule has 0 saturated carbocycles. The summed E-state index contributed by atoms with van der Waals surface area (Å²) in [6, 6.07) is 11.1. The van der Waals surface area contributed by atoms with Crippen molar-refractivity contribution in [3.63, 3.8) is 0 Å². The molecule has 0 aliphatic carbocycles. The van der Waals surface area contributed by atoms with Crippen molar-refractivity contribution in [3.8, 4) is 5.75 Å². The van der Waals surface area contributed by atoms with Crippen LogP contribution in [0.5, 0.6) is 5.75 Å². The summed E-state index contributed by atoms with van der Waals surface area (Å²) >= 11 is 3.37. The third-order valence-electron chi connectivity index (χ3n) is 5.21. The van der Waals surface area contributed by atoms with Gasteiger partial charge in [0.15, 0.2) is 5.78 Å². The molecule has 1 amide bonds. The molecule has 0 bridgehead atoms. The van der Waals surface area contributed by atoms with Crippen LogP contribution in [0.3, 0.4) is 0 Å². The number of methoxy groups -OCH3 is 1. The zero-order valence-electron chi connectivity index (χ0n) is 16.7. The molecule has 1 aliphatic heterocycles. The number of hydrogen-bond donors (Lipinski definition) is 1. The number of carbonyl (C=O) groups is 2. The fourth-order valence-electron chi connectivity index (χ4n) is 3.55. The first-order valence-electron chi connectivity index (χ1n) is 9.62. The van der Waals surface area contributed by atoms with Crippen LogP contribution >= 0.6 is 28.3 Å². The average Bonchev–Trinajstić information content (AvgIpc) is 2.74. The van der Waals surface area contributed by atoms with Crippen molar-refractivity contribution < 1.29 is 18.7 Å². The first kappa shape index (κ1) is 24.3. The molecule has 0 radical (unpaired) electrons. The van der Waals surface area contributed by atoms with E-state index in [4.69, 9.17) is 4.74 Å². The Hall–Kier alpha value is -1.96. The highest BCUT2D eigenvalue weighted by atomic mass is 79.9. The Morgan fingerprint density at radius 2 is 1.83 bits per heavy atom. The highest BCUT2D eigenvalue weighted by Crippen LogP contribution is 2.23. The highest BCUT2D eigenvalue weighted by Gasteiger charge is 2.25. The molecule has 0 aromatic heterocycles. The van der Waals surface area contributed by atoms with Crippen molar-refractivity contribution in [1.82, 2.24) is 10.2 Å². The van der Waals surface area contributed by atoms with E-state index < -0.39 is 0 Å². The van der Waals surface area contributed by atoms with E-state index >= 15 is 0 Å². The molecule has 1 fully saturated rings. The van der Waals surface area contributed by atoms with Crippen LogP contribution in [0.25, 0.3) is 0 Å². The van der Waals surface area contributed by atoms with Crippen LogP contribution in [0, 0.1) is 11.7 Å². The average molecular weight is 500 g/mol. The van der Waals surface area contributed by atoms with Crippen LogP contribution in [-0.2, 0) is 0 Å². The van der Waals surface area contributed by atoms with Crippen LogP contribution in [0.15, 0.2) is 46.9 Å². The number of benzene rings is 2. The number of rotatable bonds is 7. The normalized spacial score (nSPS) is 14.6. The molecule has 162 valence electrons. The summed E-state index contributed by atoms with van der Waals surface area (Å²) in [5, 5.41) is 2.93. The number of carbonyl (C=O) groups excluding carboxylic acids is 2. The van der Waals surface area contributed by atoms with Gasteiger partial charge >= 0.3 is 0 Å². The zero-order valence-corrected chi connectivity index (χ0v) is 19.1. The molecule has 5 nitrogen and oxygen atoms in total. The number of Topliss-reactive ketones (excluding diaryl/α,β-unsaturated/α-hetero) is 1. The van der Waals surface area contributed by atoms with Gasteiger partial charge in [0.25, 0.3) is 5.91 Å². The van der Waals surface area contributed by atoms with E-state index in [-0.39, 0.29) is 35.8 Å². The minimum atomic E-state index is -0.334. The van der Waals surface area contributed by atoms with Gasteiger partial charge in [-0.25, -0.2) is 4.39 Å². The summed E-state index contributed by atoms with van der Waals surface area (Å²) in [5.41, 5.74) is 1.06. The first-order valence-corrected chi connectivity index (χ1v) is 10.4. The number of ether oxygens (including phenoxy) is 1. The fraction of sp³-hybridized carbons (Fsp3) is 0.364. The molecular weight excluding hydrogens is 475 g/mol. The molecule has 1 heterocycles. The van der Waals surface area contributed by atoms with Gasteiger partial charge in [-0.1, -0.05) is 15.9 Å². The molecule has 2 aromatic rings. The van der Waals surface area contributed by atoms with Crippen molar-refractivity contribution in [2.45, 2.75) is 12.8 Å². The number of piperidine rings is 1. The smallest absolute Gasteiger partial charge is 0.255 e. The number of halogens is 3. The summed E-state index contributed by atoms with van der Waals surface area (Å²) in [5.74, 6) is 0.0752. The SMILES string of the molecule is COc1ccc(Br)cc1C(=O)NCCN1CCC(C(=O)c2ccc(F)cc2)CC1.Cl. The summed E-state index contributed by atoms with van der Waals surface area (Å²) in [6.45, 7) is 2.84. The van der Waals surface area contributed by atoms with E-state index in [0.29, 0.717) is 23.4 Å². The van der Waals surface area contributed by atoms with E-state index in [2.05, 4.69) is 26.1 Å². The van der Waals surface area contributed by atoms with Gasteiger partial charge in [-0.2, -0.15) is 0 Å². The molecule has 1 N–H and O–H groups in total. The molecule has 0 atom stereocenters. The summed E-state index contributed by atoms with van der Waals surface area (Å²) in [6.07, 6.45) is 1.53. The fourth-order valence-corrected chi connectivity index (χ4v) is 3.91. The lowest BCUT2D eigenvalue weighted by molar-refractivity contribution is 0.0839. The number of nitrogens with zero attached hydrogens (tertiary/aromatic N) is 1. The van der Waals surface area contributed by atoms with Gasteiger partial charge in [0.05, 0.1) is 12.7 Å². The van der Waals surface area contributed by atoms with Crippen molar-refractivity contribution in [3.05, 3.63) is 63.9 Å². The lowest BCUT2D eigenvalue weighted by atomic mass is 9.89. The Morgan fingerprint density at radius 1 is 1.17 bits per heavy atom. The van der Waals surface area contributed by atoms with Gasteiger partial charge in [0.2, 0.25) is 0 Å². The number of likely N-dealkylation sites (tertiary alicyclic amines) is 1. The van der Waals surface area contributed by atoms with Gasteiger partial charge in [0.1, 0.15) is 11.6 Å². The van der Waals surface area contributed by atoms with Crippen LogP contribution in [-0.4, -0.2) is 49.9 Å². The van der Waals surface area contributed by atoms with Crippen molar-refractivity contribution in [2.24, 2.45) is 5.92 Å². The predicted octanol–water partition coefficient (Wildman–Crippen LogP) is 4.34. The van der Waals surface area contributed by atoms with E-state index in [0.717, 1.165) is 36.9 Å². The van der Waals surface area contributed by atoms with E-state index in [1.165, 1.54) is 19.2 Å². The third kappa shape index (κ3) is 6.27. The summed E-state index contributed by atoms with van der Waals surface area (Å²) in [7, 11) is 1.54. The van der Waals surface area contributed by atoms with Crippen LogP contribution in [0.4, 0.5) is 4.39 Å². The highest BCUT2D eigenvalue weighted by molar-refractivity contribution is 9.10. The lowest BCUT2D eigenvalue weighted by Gasteiger charge is -2.31. The quantitative estimate of drug-likeness (QED) is 0.576. The Kier molecular flexibility index (Phi) is 9.27. The van der Waals surface area contributed by atoms with Gasteiger partial charge in [0, 0.05) is 29.0 Å². The van der Waals surface area contributed by atoms with Gasteiger partial charge < -0.3 is 15.0 Å². The standard InChI is InChI=1S/C22H24BrFN2O3.ClH/c1-29-20-7-4-17(23)14-19(20)22(28)25-10-13-26-11-8-16(9-12-26)21(27)15-2-5-18(24)6-3-15;/h2-7,14,16H,8-13H2,1H3,(H,25,28);1H. The lowest BCUT2D eigenvalue weighted by Crippen LogP contribution is -2.41. The number of ketones is 1. The molecule has 30 heavy (non-hydrogen) atoms. The Morgan fingerprint density at radius 3 is 2.47 bits per heavy atom. The molecule has 1 saturated heterocycles. The van der Waals surface area contributed by atoms with E-state index in [1.807, 2.05) is 6.07 Å². The Balaban J connectivity index is 0.00000320. The number of nitrogens with one attached hydrogen (secondary N) is 1. The Bertz CT molecular complexity index is 871. The molecule has 0 spiro atoms. The summed E-state index contributed by atoms with van der Waals surface area (Å²) in [4.78, 5) is 27.2. The van der Waals surface area contributed by atoms with Gasteiger partial charge in [-0.3, -0.25) is 9.59 Å². The van der Waals surface area contributed by atoms with Crippen molar-refractivity contribution in [2.75, 3.05) is 33.3 Å². The maximum absolute atomic E-state index is 13.0. The second-order valence-electron chi connectivity index (χ2n) is 7.09. The maximum atomic E-state index is 13.0. The van der Waals surface area contributed by atoms with Crippen molar-refractivity contribution in [1.29, 1.82) is 0 Å². The second-order valence-corrected chi connectivity index (χ2v) is 8.00. The third-order valence-corrected chi connectivity index (χ3v) is 5.70. The summed E-state index contributed by atoms with van der Waals surface area (Å²) < 4.78 is 19.1. The Labute approximate surface area is 190 Å². The molecule has 3 rings (SSSR count). The minimum absolute atomic E-state index is 0. The molecule has 1 aliphatic rings. The van der Waals surface area contributed by atoms with Crippen LogP contribution in [0.1, 0.15) is 33.6 Å². The minimum Gasteiger partial charge on any atom is -0.496 e.